The number of rotatable bonds is 6. The van der Waals surface area contributed by atoms with Crippen LogP contribution in [0.15, 0.2) is 24.5 Å². The standard InChI is InChI=1S/C14H20FN5/c1-3-4-20-14(17-9-18-20)8-13(19-16)11-5-10(2)6-12(15)7-11/h5-7,9,13,19H,3-4,8,16H2,1-2H3. The summed E-state index contributed by atoms with van der Waals surface area (Å²) in [4.78, 5) is 4.26. The Morgan fingerprint density at radius 1 is 1.40 bits per heavy atom. The lowest BCUT2D eigenvalue weighted by molar-refractivity contribution is 0.496. The number of hydrazine groups is 1. The Morgan fingerprint density at radius 2 is 2.20 bits per heavy atom. The van der Waals surface area contributed by atoms with Crippen LogP contribution in [0.4, 0.5) is 4.39 Å². The molecule has 1 atom stereocenters. The Bertz CT molecular complexity index is 546. The smallest absolute Gasteiger partial charge is 0.138 e. The fraction of sp³-hybridized carbons (Fsp3) is 0.429. The maximum absolute atomic E-state index is 13.5. The van der Waals surface area contributed by atoms with Crippen LogP contribution in [0.1, 0.15) is 36.3 Å². The van der Waals surface area contributed by atoms with E-state index in [0.717, 1.165) is 29.9 Å². The van der Waals surface area contributed by atoms with Crippen molar-refractivity contribution in [3.05, 3.63) is 47.3 Å². The Labute approximate surface area is 118 Å². The van der Waals surface area contributed by atoms with Crippen LogP contribution in [0.3, 0.4) is 0 Å². The zero-order chi connectivity index (χ0) is 14.5. The topological polar surface area (TPSA) is 68.8 Å². The van der Waals surface area contributed by atoms with Crippen LogP contribution in [0.5, 0.6) is 0 Å². The van der Waals surface area contributed by atoms with Crippen molar-refractivity contribution < 1.29 is 4.39 Å². The molecule has 0 saturated heterocycles. The first-order chi connectivity index (χ1) is 9.63. The Kier molecular flexibility index (Phi) is 4.81. The molecular formula is C14H20FN5. The molecule has 0 spiro atoms. The molecule has 1 aromatic heterocycles. The van der Waals surface area contributed by atoms with Gasteiger partial charge in [0.15, 0.2) is 0 Å². The fourth-order valence-corrected chi connectivity index (χ4v) is 2.27. The summed E-state index contributed by atoms with van der Waals surface area (Å²) in [5, 5.41) is 4.18. The van der Waals surface area contributed by atoms with E-state index in [9.17, 15) is 4.39 Å². The summed E-state index contributed by atoms with van der Waals surface area (Å²) in [6.45, 7) is 4.76. The molecular weight excluding hydrogens is 257 g/mol. The van der Waals surface area contributed by atoms with Gasteiger partial charge in [-0.2, -0.15) is 5.10 Å². The molecule has 2 rings (SSSR count). The zero-order valence-corrected chi connectivity index (χ0v) is 11.8. The minimum atomic E-state index is -0.254. The molecule has 108 valence electrons. The average molecular weight is 277 g/mol. The van der Waals surface area contributed by atoms with Gasteiger partial charge in [-0.05, 0) is 36.6 Å². The summed E-state index contributed by atoms with van der Waals surface area (Å²) in [5.74, 6) is 6.21. The Hall–Kier alpha value is -1.79. The second-order valence-corrected chi connectivity index (χ2v) is 4.88. The molecule has 0 aliphatic carbocycles. The number of hydrogen-bond donors (Lipinski definition) is 2. The van der Waals surface area contributed by atoms with Crippen molar-refractivity contribution in [1.82, 2.24) is 20.2 Å². The predicted molar refractivity (Wildman–Crippen MR) is 75.2 cm³/mol. The molecule has 0 amide bonds. The molecule has 6 heteroatoms. The van der Waals surface area contributed by atoms with E-state index in [2.05, 4.69) is 22.4 Å². The molecule has 1 heterocycles. The summed E-state index contributed by atoms with van der Waals surface area (Å²) in [6.07, 6.45) is 3.09. The third-order valence-electron chi connectivity index (χ3n) is 3.19. The number of halogens is 1. The van der Waals surface area contributed by atoms with Crippen LogP contribution < -0.4 is 11.3 Å². The van der Waals surface area contributed by atoms with E-state index in [-0.39, 0.29) is 11.9 Å². The first kappa shape index (κ1) is 14.6. The highest BCUT2D eigenvalue weighted by molar-refractivity contribution is 5.26. The van der Waals surface area contributed by atoms with Crippen molar-refractivity contribution >= 4 is 0 Å². The zero-order valence-electron chi connectivity index (χ0n) is 11.8. The van der Waals surface area contributed by atoms with Gasteiger partial charge in [0.05, 0.1) is 6.04 Å². The van der Waals surface area contributed by atoms with Gasteiger partial charge in [-0.3, -0.25) is 16.0 Å². The highest BCUT2D eigenvalue weighted by Gasteiger charge is 2.15. The molecule has 1 unspecified atom stereocenters. The quantitative estimate of drug-likeness (QED) is 0.625. The molecule has 1 aromatic carbocycles. The van der Waals surface area contributed by atoms with E-state index in [0.29, 0.717) is 6.42 Å². The number of nitrogens with one attached hydrogen (secondary N) is 1. The monoisotopic (exact) mass is 277 g/mol. The van der Waals surface area contributed by atoms with Crippen LogP contribution in [0.25, 0.3) is 0 Å². The molecule has 0 aliphatic rings. The third-order valence-corrected chi connectivity index (χ3v) is 3.19. The van der Waals surface area contributed by atoms with Crippen molar-refractivity contribution in [3.8, 4) is 0 Å². The lowest BCUT2D eigenvalue weighted by Gasteiger charge is -2.17. The van der Waals surface area contributed by atoms with Gasteiger partial charge >= 0.3 is 0 Å². The van der Waals surface area contributed by atoms with Gasteiger partial charge in [0.25, 0.3) is 0 Å². The second kappa shape index (κ2) is 6.58. The van der Waals surface area contributed by atoms with Gasteiger partial charge in [-0.1, -0.05) is 13.0 Å². The van der Waals surface area contributed by atoms with E-state index in [1.807, 2.05) is 17.7 Å². The molecule has 2 aromatic rings. The first-order valence-corrected chi connectivity index (χ1v) is 6.74. The van der Waals surface area contributed by atoms with Crippen LogP contribution in [0.2, 0.25) is 0 Å². The maximum atomic E-state index is 13.5. The highest BCUT2D eigenvalue weighted by Crippen LogP contribution is 2.19. The van der Waals surface area contributed by atoms with Crippen molar-refractivity contribution in [2.45, 2.75) is 39.3 Å². The van der Waals surface area contributed by atoms with E-state index < -0.39 is 0 Å². The van der Waals surface area contributed by atoms with Crippen LogP contribution in [-0.4, -0.2) is 14.8 Å². The number of nitrogens with zero attached hydrogens (tertiary/aromatic N) is 3. The normalized spacial score (nSPS) is 12.6. The SMILES string of the molecule is CCCn1ncnc1CC(NN)c1cc(C)cc(F)c1. The van der Waals surface area contributed by atoms with Gasteiger partial charge in [0.2, 0.25) is 0 Å². The van der Waals surface area contributed by atoms with Gasteiger partial charge in [0, 0.05) is 13.0 Å². The molecule has 0 fully saturated rings. The Morgan fingerprint density at radius 3 is 2.85 bits per heavy atom. The number of nitrogens with two attached hydrogens (primary N) is 1. The van der Waals surface area contributed by atoms with Crippen molar-refractivity contribution in [1.29, 1.82) is 0 Å². The van der Waals surface area contributed by atoms with Crippen LogP contribution in [0, 0.1) is 12.7 Å². The van der Waals surface area contributed by atoms with E-state index >= 15 is 0 Å². The first-order valence-electron chi connectivity index (χ1n) is 6.74. The lowest BCUT2D eigenvalue weighted by atomic mass is 10.0. The predicted octanol–water partition coefficient (Wildman–Crippen LogP) is 1.88. The molecule has 0 saturated carbocycles. The summed E-state index contributed by atoms with van der Waals surface area (Å²) in [6, 6.07) is 4.73. The van der Waals surface area contributed by atoms with Gasteiger partial charge in [-0.15, -0.1) is 0 Å². The van der Waals surface area contributed by atoms with Crippen LogP contribution in [-0.2, 0) is 13.0 Å². The molecule has 5 nitrogen and oxygen atoms in total. The molecule has 0 bridgehead atoms. The minimum absolute atomic E-state index is 0.191. The maximum Gasteiger partial charge on any atom is 0.138 e. The molecule has 3 N–H and O–H groups in total. The van der Waals surface area contributed by atoms with Crippen molar-refractivity contribution in [2.75, 3.05) is 0 Å². The lowest BCUT2D eigenvalue weighted by Crippen LogP contribution is -2.30. The number of aryl methyl sites for hydroxylation is 2. The fourth-order valence-electron chi connectivity index (χ4n) is 2.27. The van der Waals surface area contributed by atoms with Crippen molar-refractivity contribution in [3.63, 3.8) is 0 Å². The van der Waals surface area contributed by atoms with E-state index in [1.54, 1.807) is 0 Å². The molecule has 0 radical (unpaired) electrons. The van der Waals surface area contributed by atoms with Crippen molar-refractivity contribution in [2.24, 2.45) is 5.84 Å². The van der Waals surface area contributed by atoms with Gasteiger partial charge < -0.3 is 0 Å². The van der Waals surface area contributed by atoms with Gasteiger partial charge in [-0.25, -0.2) is 9.37 Å². The Balaban J connectivity index is 2.22. The number of hydrogen-bond acceptors (Lipinski definition) is 4. The summed E-state index contributed by atoms with van der Waals surface area (Å²) in [7, 11) is 0. The second-order valence-electron chi connectivity index (χ2n) is 4.88. The third kappa shape index (κ3) is 3.40. The average Bonchev–Trinajstić information content (AvgIpc) is 2.82. The van der Waals surface area contributed by atoms with Gasteiger partial charge in [0.1, 0.15) is 18.0 Å². The van der Waals surface area contributed by atoms with Crippen LogP contribution >= 0.6 is 0 Å². The minimum Gasteiger partial charge on any atom is -0.271 e. The highest BCUT2D eigenvalue weighted by atomic mass is 19.1. The number of benzene rings is 1. The summed E-state index contributed by atoms with van der Waals surface area (Å²) in [5.41, 5.74) is 4.42. The molecule has 0 aliphatic heterocycles. The number of aromatic nitrogens is 3. The largest absolute Gasteiger partial charge is 0.271 e. The summed E-state index contributed by atoms with van der Waals surface area (Å²) < 4.78 is 15.4. The summed E-state index contributed by atoms with van der Waals surface area (Å²) >= 11 is 0. The van der Waals surface area contributed by atoms with E-state index in [4.69, 9.17) is 5.84 Å². The molecule has 20 heavy (non-hydrogen) atoms. The van der Waals surface area contributed by atoms with E-state index in [1.165, 1.54) is 18.5 Å².